The molecule has 3 aromatic heterocycles. The second-order valence-electron chi connectivity index (χ2n) is 8.85. The zero-order chi connectivity index (χ0) is 21.4. The minimum atomic E-state index is -0.637. The van der Waals surface area contributed by atoms with Crippen molar-refractivity contribution in [2.75, 3.05) is 37.6 Å². The summed E-state index contributed by atoms with van der Waals surface area (Å²) in [6, 6.07) is 7.87. The zero-order valence-corrected chi connectivity index (χ0v) is 17.6. The third kappa shape index (κ3) is 3.84. The largest absolute Gasteiger partial charge is 0.385 e. The summed E-state index contributed by atoms with van der Waals surface area (Å²) in [6.07, 6.45) is 5.94. The number of piperidine rings is 1. The number of pyridine rings is 1. The van der Waals surface area contributed by atoms with Crippen molar-refractivity contribution in [1.29, 1.82) is 5.26 Å². The lowest BCUT2D eigenvalue weighted by Crippen LogP contribution is -2.43. The van der Waals surface area contributed by atoms with Crippen molar-refractivity contribution in [3.05, 3.63) is 47.5 Å². The minimum Gasteiger partial charge on any atom is -0.385 e. The van der Waals surface area contributed by atoms with E-state index in [1.807, 2.05) is 19.1 Å². The number of aliphatic hydroxyl groups excluding tert-OH is 1. The average molecular weight is 419 g/mol. The highest BCUT2D eigenvalue weighted by Gasteiger charge is 2.41. The van der Waals surface area contributed by atoms with E-state index in [1.54, 1.807) is 16.9 Å². The summed E-state index contributed by atoms with van der Waals surface area (Å²) in [7, 11) is 0. The summed E-state index contributed by atoms with van der Waals surface area (Å²) < 4.78 is 1.73. The van der Waals surface area contributed by atoms with E-state index >= 15 is 0 Å². The molecule has 0 radical (unpaired) electrons. The topological polar surface area (TPSA) is 106 Å². The van der Waals surface area contributed by atoms with Crippen LogP contribution in [-0.2, 0) is 0 Å². The van der Waals surface area contributed by atoms with Crippen LogP contribution in [-0.4, -0.2) is 67.5 Å². The number of aromatic nitrogens is 5. The monoisotopic (exact) mass is 418 g/mol. The van der Waals surface area contributed by atoms with Gasteiger partial charge in [0.1, 0.15) is 24.3 Å². The van der Waals surface area contributed by atoms with Gasteiger partial charge in [0.2, 0.25) is 0 Å². The lowest BCUT2D eigenvalue weighted by Gasteiger charge is -2.40. The average Bonchev–Trinajstić information content (AvgIpc) is 3.42. The molecule has 5 heterocycles. The first-order chi connectivity index (χ1) is 15.0. The predicted molar refractivity (Wildman–Crippen MR) is 114 cm³/mol. The molecule has 0 saturated carbocycles. The summed E-state index contributed by atoms with van der Waals surface area (Å²) in [5.74, 6) is 0.976. The molecular formula is C22H26N8O. The normalized spacial score (nSPS) is 19.7. The molecule has 5 rings (SSSR count). The molecule has 160 valence electrons. The molecular weight excluding hydrogens is 392 g/mol. The Labute approximate surface area is 180 Å². The summed E-state index contributed by atoms with van der Waals surface area (Å²) >= 11 is 0. The maximum Gasteiger partial charge on any atom is 0.177 e. The summed E-state index contributed by atoms with van der Waals surface area (Å²) in [6.45, 7) is 6.44. The lowest BCUT2D eigenvalue weighted by atomic mass is 9.77. The zero-order valence-electron chi connectivity index (χ0n) is 17.6. The predicted octanol–water partition coefficient (Wildman–Crippen LogP) is 1.73. The van der Waals surface area contributed by atoms with E-state index in [0.29, 0.717) is 23.2 Å². The first-order valence-corrected chi connectivity index (χ1v) is 10.7. The molecule has 2 aliphatic rings. The lowest BCUT2D eigenvalue weighted by molar-refractivity contribution is 0.0631. The molecule has 9 heteroatoms. The number of fused-ring (bicyclic) bond motifs is 1. The van der Waals surface area contributed by atoms with Crippen molar-refractivity contribution < 1.29 is 5.11 Å². The maximum absolute atomic E-state index is 10.7. The molecule has 0 bridgehead atoms. The van der Waals surface area contributed by atoms with Gasteiger partial charge in [-0.2, -0.15) is 9.78 Å². The fourth-order valence-electron chi connectivity index (χ4n) is 4.96. The molecule has 0 amide bonds. The van der Waals surface area contributed by atoms with Crippen molar-refractivity contribution in [3.8, 4) is 6.07 Å². The van der Waals surface area contributed by atoms with Crippen LogP contribution in [0.3, 0.4) is 0 Å². The Morgan fingerprint density at radius 1 is 1.23 bits per heavy atom. The SMILES string of the molecule is Cc1cc(C#N)cnc1C(O)CN1CCC2(CC1)CCN(c1ccc3nncn3n1)C2. The molecule has 2 fully saturated rings. The summed E-state index contributed by atoms with van der Waals surface area (Å²) in [4.78, 5) is 9.02. The molecule has 0 aliphatic carbocycles. The van der Waals surface area contributed by atoms with Crippen LogP contribution in [0, 0.1) is 23.7 Å². The standard InChI is InChI=1S/C22H26N8O/c1-16-10-17(11-23)12-24-21(16)18(31)13-28-7-4-22(5-8-28)6-9-29(14-22)20-3-2-19-26-25-15-30(19)27-20/h2-3,10,12,15,18,31H,4-9,13-14H2,1H3. The van der Waals surface area contributed by atoms with E-state index in [1.165, 1.54) is 12.6 Å². The number of rotatable bonds is 4. The molecule has 2 aliphatic heterocycles. The van der Waals surface area contributed by atoms with E-state index in [4.69, 9.17) is 5.26 Å². The van der Waals surface area contributed by atoms with E-state index in [9.17, 15) is 5.11 Å². The van der Waals surface area contributed by atoms with Gasteiger partial charge in [-0.05, 0) is 68.5 Å². The van der Waals surface area contributed by atoms with Crippen molar-refractivity contribution >= 4 is 11.5 Å². The van der Waals surface area contributed by atoms with Crippen molar-refractivity contribution in [1.82, 2.24) is 29.7 Å². The van der Waals surface area contributed by atoms with E-state index in [-0.39, 0.29) is 0 Å². The van der Waals surface area contributed by atoms with Crippen LogP contribution < -0.4 is 4.90 Å². The molecule has 2 saturated heterocycles. The van der Waals surface area contributed by atoms with Gasteiger partial charge in [-0.3, -0.25) is 4.98 Å². The van der Waals surface area contributed by atoms with Gasteiger partial charge in [-0.1, -0.05) is 0 Å². The van der Waals surface area contributed by atoms with Crippen molar-refractivity contribution in [2.45, 2.75) is 32.3 Å². The van der Waals surface area contributed by atoms with Gasteiger partial charge in [0.25, 0.3) is 0 Å². The number of aliphatic hydroxyl groups is 1. The summed E-state index contributed by atoms with van der Waals surface area (Å²) in [5, 5.41) is 32.3. The Bertz CT molecular complexity index is 1130. The fraction of sp³-hybridized carbons (Fsp3) is 0.500. The number of hydrogen-bond acceptors (Lipinski definition) is 8. The molecule has 1 unspecified atom stereocenters. The second kappa shape index (κ2) is 7.87. The first-order valence-electron chi connectivity index (χ1n) is 10.7. The Kier molecular flexibility index (Phi) is 5.04. The van der Waals surface area contributed by atoms with Crippen LogP contribution in [0.2, 0.25) is 0 Å². The highest BCUT2D eigenvalue weighted by Crippen LogP contribution is 2.41. The third-order valence-electron chi connectivity index (χ3n) is 6.82. The highest BCUT2D eigenvalue weighted by atomic mass is 16.3. The molecule has 1 spiro atoms. The molecule has 1 N–H and O–H groups in total. The van der Waals surface area contributed by atoms with Crippen molar-refractivity contribution in [3.63, 3.8) is 0 Å². The number of hydrogen-bond donors (Lipinski definition) is 1. The van der Waals surface area contributed by atoms with Gasteiger partial charge in [0, 0.05) is 25.8 Å². The van der Waals surface area contributed by atoms with Crippen LogP contribution in [0.4, 0.5) is 5.82 Å². The number of likely N-dealkylation sites (tertiary alicyclic amines) is 1. The molecule has 9 nitrogen and oxygen atoms in total. The quantitative estimate of drug-likeness (QED) is 0.683. The van der Waals surface area contributed by atoms with E-state index in [0.717, 1.165) is 56.0 Å². The number of β-amino-alcohol motifs (C(OH)–C–C–N with tert-alkyl or cyclic N) is 1. The van der Waals surface area contributed by atoms with Crippen LogP contribution in [0.25, 0.3) is 5.65 Å². The maximum atomic E-state index is 10.7. The number of aryl methyl sites for hydroxylation is 1. The Morgan fingerprint density at radius 3 is 2.81 bits per heavy atom. The number of nitriles is 1. The molecule has 31 heavy (non-hydrogen) atoms. The summed E-state index contributed by atoms with van der Waals surface area (Å²) in [5.41, 5.74) is 3.13. The molecule has 0 aromatic carbocycles. The van der Waals surface area contributed by atoms with Crippen LogP contribution in [0.5, 0.6) is 0 Å². The van der Waals surface area contributed by atoms with E-state index in [2.05, 4.69) is 36.1 Å². The van der Waals surface area contributed by atoms with Gasteiger partial charge in [0.05, 0.1) is 11.3 Å². The second-order valence-corrected chi connectivity index (χ2v) is 8.85. The van der Waals surface area contributed by atoms with E-state index < -0.39 is 6.10 Å². The third-order valence-corrected chi connectivity index (χ3v) is 6.82. The van der Waals surface area contributed by atoms with Gasteiger partial charge >= 0.3 is 0 Å². The number of nitrogens with zero attached hydrogens (tertiary/aromatic N) is 8. The molecule has 3 aromatic rings. The van der Waals surface area contributed by atoms with Gasteiger partial charge in [-0.25, -0.2) is 0 Å². The highest BCUT2D eigenvalue weighted by molar-refractivity contribution is 5.46. The van der Waals surface area contributed by atoms with Crippen LogP contribution in [0.1, 0.15) is 42.2 Å². The molecule has 1 atom stereocenters. The smallest absolute Gasteiger partial charge is 0.177 e. The Morgan fingerprint density at radius 2 is 2.03 bits per heavy atom. The van der Waals surface area contributed by atoms with Gasteiger partial charge in [0.15, 0.2) is 5.65 Å². The Hall–Kier alpha value is -3.09. The first kappa shape index (κ1) is 19.8. The van der Waals surface area contributed by atoms with Gasteiger partial charge in [-0.15, -0.1) is 15.3 Å². The fourth-order valence-corrected chi connectivity index (χ4v) is 4.96. The number of anilines is 1. The Balaban J connectivity index is 1.19. The van der Waals surface area contributed by atoms with Crippen molar-refractivity contribution in [2.24, 2.45) is 5.41 Å². The van der Waals surface area contributed by atoms with Crippen LogP contribution >= 0.6 is 0 Å². The minimum absolute atomic E-state index is 0.313. The van der Waals surface area contributed by atoms with Crippen LogP contribution in [0.15, 0.2) is 30.7 Å². The van der Waals surface area contributed by atoms with Gasteiger partial charge < -0.3 is 14.9 Å².